The Balaban J connectivity index is 0.000000126. The van der Waals surface area contributed by atoms with Crippen LogP contribution in [0.5, 0.6) is 0 Å². The standard InChI is InChI=1S/C9H12O2.C8H10O2/c1-9-3-2-6(5-9)4-7(9)8(10)11;9-8(10)7-4-5-1-2-6(7)3-5/h2-3,6-7H,4-5H2,1H3,(H,10,11);1-2,5-7H,3-4H2,(H,9,10). The number of aliphatic carboxylic acids is 2. The molecule has 4 aliphatic carbocycles. The van der Waals surface area contributed by atoms with E-state index in [0.717, 1.165) is 25.7 Å². The second-order valence-corrected chi connectivity index (χ2v) is 7.18. The van der Waals surface area contributed by atoms with Crippen molar-refractivity contribution in [2.24, 2.45) is 35.0 Å². The summed E-state index contributed by atoms with van der Waals surface area (Å²) >= 11 is 0. The number of allylic oxidation sites excluding steroid dienone is 4. The van der Waals surface area contributed by atoms with Gasteiger partial charge in [0.25, 0.3) is 0 Å². The lowest BCUT2D eigenvalue weighted by atomic mass is 9.80. The van der Waals surface area contributed by atoms with E-state index in [4.69, 9.17) is 10.2 Å². The van der Waals surface area contributed by atoms with Crippen molar-refractivity contribution in [1.82, 2.24) is 0 Å². The molecule has 21 heavy (non-hydrogen) atoms. The van der Waals surface area contributed by atoms with E-state index in [1.165, 1.54) is 0 Å². The van der Waals surface area contributed by atoms with Gasteiger partial charge in [-0.1, -0.05) is 31.2 Å². The van der Waals surface area contributed by atoms with Gasteiger partial charge in [0.2, 0.25) is 0 Å². The van der Waals surface area contributed by atoms with Gasteiger partial charge in [0.05, 0.1) is 11.8 Å². The molecule has 0 saturated heterocycles. The molecule has 4 heteroatoms. The van der Waals surface area contributed by atoms with Crippen molar-refractivity contribution in [3.05, 3.63) is 24.3 Å². The molecule has 6 unspecified atom stereocenters. The predicted molar refractivity (Wildman–Crippen MR) is 77.6 cm³/mol. The molecule has 0 aromatic carbocycles. The molecule has 0 aromatic rings. The van der Waals surface area contributed by atoms with E-state index in [1.807, 2.05) is 0 Å². The largest absolute Gasteiger partial charge is 0.481 e. The second-order valence-electron chi connectivity index (χ2n) is 7.18. The fourth-order valence-electron chi connectivity index (χ4n) is 4.50. The van der Waals surface area contributed by atoms with E-state index in [2.05, 4.69) is 31.2 Å². The Hall–Kier alpha value is -1.58. The summed E-state index contributed by atoms with van der Waals surface area (Å²) in [6.45, 7) is 2.05. The van der Waals surface area contributed by atoms with Crippen LogP contribution in [0.25, 0.3) is 0 Å². The molecular weight excluding hydrogens is 268 g/mol. The van der Waals surface area contributed by atoms with Crippen molar-refractivity contribution in [2.45, 2.75) is 32.6 Å². The first-order valence-electron chi connectivity index (χ1n) is 7.72. The van der Waals surface area contributed by atoms with E-state index < -0.39 is 11.9 Å². The number of carbonyl (C=O) groups is 2. The maximum atomic E-state index is 10.8. The highest BCUT2D eigenvalue weighted by Gasteiger charge is 2.48. The van der Waals surface area contributed by atoms with Crippen LogP contribution in [0.1, 0.15) is 32.6 Å². The Morgan fingerprint density at radius 1 is 1.00 bits per heavy atom. The molecular formula is C17H22O4. The van der Waals surface area contributed by atoms with Crippen LogP contribution in [-0.4, -0.2) is 22.2 Å². The van der Waals surface area contributed by atoms with Gasteiger partial charge < -0.3 is 10.2 Å². The van der Waals surface area contributed by atoms with Crippen LogP contribution in [0.15, 0.2) is 24.3 Å². The fraction of sp³-hybridized carbons (Fsp3) is 0.647. The molecule has 2 saturated carbocycles. The molecule has 0 radical (unpaired) electrons. The van der Waals surface area contributed by atoms with Crippen LogP contribution in [0.4, 0.5) is 0 Å². The molecule has 0 aromatic heterocycles. The summed E-state index contributed by atoms with van der Waals surface area (Å²) in [5.41, 5.74) is -0.0312. The lowest BCUT2D eigenvalue weighted by Gasteiger charge is -2.23. The Morgan fingerprint density at radius 3 is 2.05 bits per heavy atom. The molecule has 4 aliphatic rings. The molecule has 0 heterocycles. The van der Waals surface area contributed by atoms with Crippen molar-refractivity contribution < 1.29 is 19.8 Å². The summed E-state index contributed by atoms with van der Waals surface area (Å²) in [7, 11) is 0. The molecule has 4 rings (SSSR count). The molecule has 2 fully saturated rings. The summed E-state index contributed by atoms with van der Waals surface area (Å²) in [6, 6.07) is 0. The summed E-state index contributed by atoms with van der Waals surface area (Å²) in [5, 5.41) is 17.6. The maximum absolute atomic E-state index is 10.8. The number of hydrogen-bond donors (Lipinski definition) is 2. The molecule has 114 valence electrons. The summed E-state index contributed by atoms with van der Waals surface area (Å²) in [5.74, 6) is 0.0263. The number of rotatable bonds is 2. The minimum atomic E-state index is -0.626. The maximum Gasteiger partial charge on any atom is 0.307 e. The lowest BCUT2D eigenvalue weighted by molar-refractivity contribution is -0.144. The topological polar surface area (TPSA) is 74.6 Å². The van der Waals surface area contributed by atoms with Crippen LogP contribution in [-0.2, 0) is 9.59 Å². The zero-order valence-electron chi connectivity index (χ0n) is 12.2. The van der Waals surface area contributed by atoms with E-state index in [-0.39, 0.29) is 17.3 Å². The molecule has 4 bridgehead atoms. The van der Waals surface area contributed by atoms with Gasteiger partial charge in [-0.15, -0.1) is 0 Å². The molecule has 0 aliphatic heterocycles. The van der Waals surface area contributed by atoms with Gasteiger partial charge in [-0.05, 0) is 48.9 Å². The van der Waals surface area contributed by atoms with Gasteiger partial charge in [0, 0.05) is 0 Å². The van der Waals surface area contributed by atoms with Crippen molar-refractivity contribution in [3.63, 3.8) is 0 Å². The van der Waals surface area contributed by atoms with Crippen LogP contribution < -0.4 is 0 Å². The van der Waals surface area contributed by atoms with Crippen molar-refractivity contribution >= 4 is 11.9 Å². The third kappa shape index (κ3) is 2.52. The Morgan fingerprint density at radius 2 is 1.76 bits per heavy atom. The average molecular weight is 290 g/mol. The molecule has 0 amide bonds. The average Bonchev–Trinajstić information content (AvgIpc) is 3.16. The molecule has 0 spiro atoms. The first-order chi connectivity index (χ1) is 9.89. The smallest absolute Gasteiger partial charge is 0.307 e. The van der Waals surface area contributed by atoms with E-state index in [9.17, 15) is 9.59 Å². The summed E-state index contributed by atoms with van der Waals surface area (Å²) < 4.78 is 0. The van der Waals surface area contributed by atoms with Gasteiger partial charge in [0.1, 0.15) is 0 Å². The highest BCUT2D eigenvalue weighted by Crippen LogP contribution is 2.52. The van der Waals surface area contributed by atoms with Crippen molar-refractivity contribution in [1.29, 1.82) is 0 Å². The fourth-order valence-corrected chi connectivity index (χ4v) is 4.50. The zero-order valence-corrected chi connectivity index (χ0v) is 12.2. The summed E-state index contributed by atoms with van der Waals surface area (Å²) in [6.07, 6.45) is 12.3. The Bertz CT molecular complexity index is 521. The van der Waals surface area contributed by atoms with Crippen LogP contribution in [0.2, 0.25) is 0 Å². The quantitative estimate of drug-likeness (QED) is 0.767. The number of carboxylic acids is 2. The third-order valence-corrected chi connectivity index (χ3v) is 5.68. The van der Waals surface area contributed by atoms with E-state index >= 15 is 0 Å². The SMILES string of the molecule is CC12C=CC(CC1C(=O)O)C2.O=C(O)C1CC2C=CC1C2. The highest BCUT2D eigenvalue weighted by atomic mass is 16.4. The molecule has 6 atom stereocenters. The first-order valence-corrected chi connectivity index (χ1v) is 7.72. The van der Waals surface area contributed by atoms with Gasteiger partial charge >= 0.3 is 11.9 Å². The van der Waals surface area contributed by atoms with E-state index in [1.54, 1.807) is 0 Å². The predicted octanol–water partition coefficient (Wildman–Crippen LogP) is 2.96. The van der Waals surface area contributed by atoms with Crippen LogP contribution >= 0.6 is 0 Å². The number of carboxylic acid groups (broad SMARTS) is 2. The first kappa shape index (κ1) is 14.4. The summed E-state index contributed by atoms with van der Waals surface area (Å²) in [4.78, 5) is 21.3. The van der Waals surface area contributed by atoms with Gasteiger partial charge in [-0.25, -0.2) is 0 Å². The third-order valence-electron chi connectivity index (χ3n) is 5.68. The monoisotopic (exact) mass is 290 g/mol. The van der Waals surface area contributed by atoms with Crippen LogP contribution in [0, 0.1) is 35.0 Å². The minimum Gasteiger partial charge on any atom is -0.481 e. The normalized spacial score (nSPS) is 44.7. The zero-order chi connectivity index (χ0) is 15.2. The number of hydrogen-bond acceptors (Lipinski definition) is 2. The van der Waals surface area contributed by atoms with Gasteiger partial charge in [0.15, 0.2) is 0 Å². The molecule has 2 N–H and O–H groups in total. The van der Waals surface area contributed by atoms with Crippen LogP contribution in [0.3, 0.4) is 0 Å². The lowest BCUT2D eigenvalue weighted by Crippen LogP contribution is -2.26. The van der Waals surface area contributed by atoms with Gasteiger partial charge in [-0.2, -0.15) is 0 Å². The van der Waals surface area contributed by atoms with Crippen molar-refractivity contribution in [2.75, 3.05) is 0 Å². The van der Waals surface area contributed by atoms with E-state index in [0.29, 0.717) is 17.8 Å². The Labute approximate surface area is 124 Å². The highest BCUT2D eigenvalue weighted by molar-refractivity contribution is 5.72. The second kappa shape index (κ2) is 5.00. The van der Waals surface area contributed by atoms with Crippen molar-refractivity contribution in [3.8, 4) is 0 Å². The number of fused-ring (bicyclic) bond motifs is 4. The molecule has 4 nitrogen and oxygen atoms in total. The Kier molecular flexibility index (Phi) is 3.42. The van der Waals surface area contributed by atoms with Gasteiger partial charge in [-0.3, -0.25) is 9.59 Å². The minimum absolute atomic E-state index is 0.0312.